The van der Waals surface area contributed by atoms with Gasteiger partial charge in [-0.15, -0.1) is 0 Å². The number of hydrogen-bond donors (Lipinski definition) is 2. The zero-order valence-electron chi connectivity index (χ0n) is 16.0. The van der Waals surface area contributed by atoms with Crippen LogP contribution in [0.1, 0.15) is 16.8 Å². The quantitative estimate of drug-likeness (QED) is 0.700. The van der Waals surface area contributed by atoms with Gasteiger partial charge in [0.05, 0.1) is 20.0 Å². The molecule has 3 aromatic rings. The second-order valence-electron chi connectivity index (χ2n) is 6.92. The van der Waals surface area contributed by atoms with Gasteiger partial charge in [0, 0.05) is 0 Å². The smallest absolute Gasteiger partial charge is 0.324 e. The predicted octanol–water partition coefficient (Wildman–Crippen LogP) is 3.10. The van der Waals surface area contributed by atoms with E-state index in [1.165, 1.54) is 24.8 Å². The first kappa shape index (κ1) is 18.0. The number of benzene rings is 2. The number of aromatic amines is 1. The lowest BCUT2D eigenvalue weighted by atomic mass is 9.85. The summed E-state index contributed by atoms with van der Waals surface area (Å²) in [4.78, 5) is 30.8. The highest BCUT2D eigenvalue weighted by molar-refractivity contribution is 6.15. The minimum Gasteiger partial charge on any atom is -0.497 e. The van der Waals surface area contributed by atoms with Gasteiger partial charge in [-0.05, 0) is 35.4 Å². The first-order chi connectivity index (χ1) is 14.6. The van der Waals surface area contributed by atoms with E-state index >= 15 is 0 Å². The van der Waals surface area contributed by atoms with E-state index in [4.69, 9.17) is 4.74 Å². The molecule has 3 heterocycles. The highest BCUT2D eigenvalue weighted by Crippen LogP contribution is 2.41. The Hall–Kier alpha value is -4.01. The Morgan fingerprint density at radius 3 is 2.63 bits per heavy atom. The number of amides is 2. The number of hydrogen-bond acceptors (Lipinski definition) is 5. The molecule has 1 aromatic heterocycles. The normalized spacial score (nSPS) is 19.6. The summed E-state index contributed by atoms with van der Waals surface area (Å²) >= 11 is 0. The predicted molar refractivity (Wildman–Crippen MR) is 108 cm³/mol. The van der Waals surface area contributed by atoms with Crippen LogP contribution >= 0.6 is 0 Å². The second kappa shape index (κ2) is 6.80. The molecule has 0 spiro atoms. The van der Waals surface area contributed by atoms with Crippen LogP contribution in [0.2, 0.25) is 0 Å². The molecule has 150 valence electrons. The Balaban J connectivity index is 1.63. The van der Waals surface area contributed by atoms with Gasteiger partial charge < -0.3 is 15.0 Å². The molecule has 30 heavy (non-hydrogen) atoms. The lowest BCUT2D eigenvalue weighted by Gasteiger charge is -2.28. The number of carbonyl (C=O) groups excluding carboxylic acids is 1. The summed E-state index contributed by atoms with van der Waals surface area (Å²) in [6.07, 6.45) is 2.90. The fourth-order valence-corrected chi connectivity index (χ4v) is 3.81. The third-order valence-electron chi connectivity index (χ3n) is 5.25. The monoisotopic (exact) mass is 404 g/mol. The number of ether oxygens (including phenoxy) is 1. The van der Waals surface area contributed by atoms with Crippen molar-refractivity contribution < 1.29 is 13.9 Å². The molecular weight excluding hydrogens is 387 g/mol. The lowest BCUT2D eigenvalue weighted by Crippen LogP contribution is -2.45. The van der Waals surface area contributed by atoms with Crippen LogP contribution in [-0.4, -0.2) is 40.2 Å². The van der Waals surface area contributed by atoms with Gasteiger partial charge in [-0.2, -0.15) is 0 Å². The van der Waals surface area contributed by atoms with Gasteiger partial charge in [0.1, 0.15) is 23.6 Å². The minimum atomic E-state index is -1.19. The van der Waals surface area contributed by atoms with Crippen molar-refractivity contribution in [1.82, 2.24) is 20.2 Å². The summed E-state index contributed by atoms with van der Waals surface area (Å²) in [5, 5.41) is 3.03. The summed E-state index contributed by atoms with van der Waals surface area (Å²) in [5.74, 6) is 1.25. The summed E-state index contributed by atoms with van der Waals surface area (Å²) < 4.78 is 18.8. The Morgan fingerprint density at radius 2 is 1.90 bits per heavy atom. The number of urea groups is 1. The Bertz CT molecular complexity index is 1170. The van der Waals surface area contributed by atoms with Crippen molar-refractivity contribution >= 4 is 24.0 Å². The van der Waals surface area contributed by atoms with Crippen LogP contribution in [0.4, 0.5) is 15.0 Å². The zero-order valence-corrected chi connectivity index (χ0v) is 16.0. The standard InChI is InChI=1S/C21H17FN6O2/c1-30-16-8-2-13(3-9-16)10-28-19-21(27-20(28)29,14-4-6-15(22)7-5-14)17-18(24-11-23-17)25-12-26-19/h2-9,11-12H,10H2,1H3,(H,23,24)(H,27,29). The van der Waals surface area contributed by atoms with Crippen molar-refractivity contribution in [3.05, 3.63) is 77.5 Å². The minimum absolute atomic E-state index is 0.283. The molecule has 0 bridgehead atoms. The number of halogens is 1. The summed E-state index contributed by atoms with van der Waals surface area (Å²) in [6.45, 7) is 0.283. The van der Waals surface area contributed by atoms with Crippen molar-refractivity contribution in [2.24, 2.45) is 9.98 Å². The summed E-state index contributed by atoms with van der Waals surface area (Å²) in [7, 11) is 1.60. The number of fused-ring (bicyclic) bond motifs is 3. The number of aliphatic imine (C=N–C) groups is 2. The largest absolute Gasteiger partial charge is 0.497 e. The van der Waals surface area contributed by atoms with Crippen LogP contribution in [0.15, 0.2) is 64.8 Å². The number of nitrogens with one attached hydrogen (secondary N) is 2. The maximum atomic E-state index is 13.6. The number of nitrogens with zero attached hydrogens (tertiary/aromatic N) is 4. The number of H-pyrrole nitrogens is 1. The molecule has 9 heteroatoms. The van der Waals surface area contributed by atoms with Gasteiger partial charge in [-0.25, -0.2) is 24.2 Å². The van der Waals surface area contributed by atoms with E-state index in [0.717, 1.165) is 11.3 Å². The van der Waals surface area contributed by atoms with Crippen LogP contribution in [0.3, 0.4) is 0 Å². The first-order valence-electron chi connectivity index (χ1n) is 9.25. The topological polar surface area (TPSA) is 95.0 Å². The van der Waals surface area contributed by atoms with Crippen LogP contribution in [0.5, 0.6) is 5.75 Å². The number of carbonyl (C=O) groups is 1. The lowest BCUT2D eigenvalue weighted by molar-refractivity contribution is 0.225. The van der Waals surface area contributed by atoms with Crippen molar-refractivity contribution in [3.63, 3.8) is 0 Å². The highest BCUT2D eigenvalue weighted by atomic mass is 19.1. The number of rotatable bonds is 4. The first-order valence-corrected chi connectivity index (χ1v) is 9.25. The molecule has 2 aromatic carbocycles. The van der Waals surface area contributed by atoms with Gasteiger partial charge >= 0.3 is 6.03 Å². The van der Waals surface area contributed by atoms with E-state index in [0.29, 0.717) is 22.9 Å². The van der Waals surface area contributed by atoms with E-state index in [9.17, 15) is 9.18 Å². The van der Waals surface area contributed by atoms with Crippen LogP contribution in [0.25, 0.3) is 0 Å². The zero-order chi connectivity index (χ0) is 20.7. The van der Waals surface area contributed by atoms with Gasteiger partial charge in [0.2, 0.25) is 0 Å². The molecular formula is C21H17FN6O2. The maximum Gasteiger partial charge on any atom is 0.324 e. The molecule has 1 unspecified atom stereocenters. The summed E-state index contributed by atoms with van der Waals surface area (Å²) in [6, 6.07) is 13.0. The Morgan fingerprint density at radius 1 is 1.13 bits per heavy atom. The fourth-order valence-electron chi connectivity index (χ4n) is 3.81. The van der Waals surface area contributed by atoms with Gasteiger partial charge in [-0.1, -0.05) is 24.3 Å². The Kier molecular flexibility index (Phi) is 4.09. The molecule has 2 N–H and O–H groups in total. The maximum absolute atomic E-state index is 13.6. The second-order valence-corrected chi connectivity index (χ2v) is 6.92. The van der Waals surface area contributed by atoms with Gasteiger partial charge in [0.25, 0.3) is 0 Å². The molecule has 5 rings (SSSR count). The molecule has 2 amide bonds. The number of imidazole rings is 1. The molecule has 2 aliphatic rings. The average Bonchev–Trinajstić information content (AvgIpc) is 3.29. The SMILES string of the molecule is COc1ccc(CN2C(=O)NC3(c4ccc(F)cc4)C2=NC=Nc2[nH]cnc23)cc1. The van der Waals surface area contributed by atoms with Gasteiger partial charge in [0.15, 0.2) is 17.2 Å². The number of methoxy groups -OCH3 is 1. The van der Waals surface area contributed by atoms with Gasteiger partial charge in [-0.3, -0.25) is 4.90 Å². The van der Waals surface area contributed by atoms with Crippen molar-refractivity contribution in [3.8, 4) is 5.75 Å². The highest BCUT2D eigenvalue weighted by Gasteiger charge is 2.54. The molecule has 1 saturated heterocycles. The molecule has 0 saturated carbocycles. The van der Waals surface area contributed by atoms with Crippen LogP contribution in [-0.2, 0) is 12.1 Å². The van der Waals surface area contributed by atoms with Crippen LogP contribution in [0, 0.1) is 5.82 Å². The van der Waals surface area contributed by atoms with E-state index < -0.39 is 5.54 Å². The van der Waals surface area contributed by atoms with Crippen molar-refractivity contribution in [1.29, 1.82) is 0 Å². The number of amidine groups is 1. The number of aromatic nitrogens is 2. The molecule has 1 fully saturated rings. The average molecular weight is 404 g/mol. The van der Waals surface area contributed by atoms with E-state index in [1.807, 2.05) is 24.3 Å². The summed E-state index contributed by atoms with van der Waals surface area (Å²) in [5.41, 5.74) is 0.828. The molecule has 0 aliphatic carbocycles. The van der Waals surface area contributed by atoms with Crippen LogP contribution < -0.4 is 10.1 Å². The molecule has 8 nitrogen and oxygen atoms in total. The molecule has 0 radical (unpaired) electrons. The fraction of sp³-hybridized carbons (Fsp3) is 0.143. The van der Waals surface area contributed by atoms with Crippen molar-refractivity contribution in [2.45, 2.75) is 12.1 Å². The third kappa shape index (κ3) is 2.66. The molecule has 2 aliphatic heterocycles. The van der Waals surface area contributed by atoms with Crippen molar-refractivity contribution in [2.75, 3.05) is 7.11 Å². The third-order valence-corrected chi connectivity index (χ3v) is 5.25. The van der Waals surface area contributed by atoms with E-state index in [2.05, 4.69) is 25.3 Å². The Labute approximate surface area is 171 Å². The van der Waals surface area contributed by atoms with E-state index in [-0.39, 0.29) is 18.4 Å². The molecule has 1 atom stereocenters. The van der Waals surface area contributed by atoms with E-state index in [1.54, 1.807) is 24.1 Å².